The second kappa shape index (κ2) is 6.99. The number of carbonyl (C=O) groups excluding carboxylic acids is 1. The molecule has 1 fully saturated rings. The number of rotatable bonds is 2. The van der Waals surface area contributed by atoms with Gasteiger partial charge in [0.05, 0.1) is 0 Å². The topological polar surface area (TPSA) is 78.2 Å². The van der Waals surface area contributed by atoms with Crippen molar-refractivity contribution in [3.05, 3.63) is 70.3 Å². The van der Waals surface area contributed by atoms with Gasteiger partial charge in [0.15, 0.2) is 11.4 Å². The number of pyridine rings is 1. The Balaban J connectivity index is 1.60. The lowest BCUT2D eigenvalue weighted by molar-refractivity contribution is 0.0671. The first-order valence-electron chi connectivity index (χ1n) is 9.28. The molecule has 1 saturated heterocycles. The molecule has 1 atom stereocenters. The molecule has 1 N–H and O–H groups in total. The average Bonchev–Trinajstić information content (AvgIpc) is 2.69. The standard InChI is InChI=1S/C21H22N4O3/c1-14-6-3-4-7-17(14)23-10-11-24(15(2)13-23)20(27)16-12-22-19-18(26)8-5-9-25(19)21(16)28/h3-9,12,15,26H,10-11,13H2,1-2H3/t15-/m0/s1. The van der Waals surface area contributed by atoms with E-state index in [4.69, 9.17) is 0 Å². The molecule has 0 saturated carbocycles. The number of carbonyl (C=O) groups is 1. The summed E-state index contributed by atoms with van der Waals surface area (Å²) >= 11 is 0. The van der Waals surface area contributed by atoms with Crippen molar-refractivity contribution in [2.75, 3.05) is 24.5 Å². The van der Waals surface area contributed by atoms with Crippen molar-refractivity contribution in [2.45, 2.75) is 19.9 Å². The van der Waals surface area contributed by atoms with Crippen LogP contribution in [0, 0.1) is 6.92 Å². The highest BCUT2D eigenvalue weighted by molar-refractivity contribution is 5.94. The highest BCUT2D eigenvalue weighted by atomic mass is 16.3. The minimum absolute atomic E-state index is 0.0132. The second-order valence-electron chi connectivity index (χ2n) is 7.14. The van der Waals surface area contributed by atoms with E-state index < -0.39 is 5.56 Å². The lowest BCUT2D eigenvalue weighted by Crippen LogP contribution is -2.55. The van der Waals surface area contributed by atoms with Crippen LogP contribution < -0.4 is 10.5 Å². The first-order chi connectivity index (χ1) is 13.5. The van der Waals surface area contributed by atoms with Crippen LogP contribution in [-0.4, -0.2) is 51.0 Å². The predicted molar refractivity (Wildman–Crippen MR) is 107 cm³/mol. The zero-order valence-electron chi connectivity index (χ0n) is 15.9. The number of anilines is 1. The summed E-state index contributed by atoms with van der Waals surface area (Å²) in [5, 5.41) is 9.85. The Bertz CT molecular complexity index is 1110. The van der Waals surface area contributed by atoms with Crippen LogP contribution in [-0.2, 0) is 0 Å². The molecule has 3 heterocycles. The third kappa shape index (κ3) is 2.98. The molecule has 0 aliphatic carbocycles. The lowest BCUT2D eigenvalue weighted by Gasteiger charge is -2.41. The van der Waals surface area contributed by atoms with Gasteiger partial charge in [-0.25, -0.2) is 4.98 Å². The molecule has 1 aromatic carbocycles. The van der Waals surface area contributed by atoms with Crippen LogP contribution in [0.2, 0.25) is 0 Å². The largest absolute Gasteiger partial charge is 0.504 e. The summed E-state index contributed by atoms with van der Waals surface area (Å²) in [5.41, 5.74) is 2.05. The predicted octanol–water partition coefficient (Wildman–Crippen LogP) is 2.06. The van der Waals surface area contributed by atoms with Gasteiger partial charge >= 0.3 is 0 Å². The third-order valence-electron chi connectivity index (χ3n) is 5.29. The van der Waals surface area contributed by atoms with Crippen LogP contribution in [0.15, 0.2) is 53.6 Å². The number of hydrogen-bond donors (Lipinski definition) is 1. The number of aromatic hydroxyl groups is 1. The molecule has 0 bridgehead atoms. The van der Waals surface area contributed by atoms with Crippen molar-refractivity contribution in [2.24, 2.45) is 0 Å². The molecule has 0 unspecified atom stereocenters. The van der Waals surface area contributed by atoms with Crippen molar-refractivity contribution in [1.82, 2.24) is 14.3 Å². The lowest BCUT2D eigenvalue weighted by atomic mass is 10.1. The molecule has 7 heteroatoms. The van der Waals surface area contributed by atoms with Gasteiger partial charge in [-0.3, -0.25) is 14.0 Å². The van der Waals surface area contributed by atoms with E-state index in [9.17, 15) is 14.7 Å². The molecular formula is C21H22N4O3. The van der Waals surface area contributed by atoms with Crippen LogP contribution in [0.4, 0.5) is 5.69 Å². The van der Waals surface area contributed by atoms with Crippen LogP contribution >= 0.6 is 0 Å². The molecule has 28 heavy (non-hydrogen) atoms. The van der Waals surface area contributed by atoms with Crippen molar-refractivity contribution in [1.29, 1.82) is 0 Å². The Hall–Kier alpha value is -3.35. The van der Waals surface area contributed by atoms with E-state index in [1.807, 2.05) is 19.1 Å². The summed E-state index contributed by atoms with van der Waals surface area (Å²) in [4.78, 5) is 33.9. The summed E-state index contributed by atoms with van der Waals surface area (Å²) in [7, 11) is 0. The Morgan fingerprint density at radius 1 is 1.18 bits per heavy atom. The first-order valence-corrected chi connectivity index (χ1v) is 9.28. The zero-order valence-corrected chi connectivity index (χ0v) is 15.9. The summed E-state index contributed by atoms with van der Waals surface area (Å²) in [6, 6.07) is 11.1. The van der Waals surface area contributed by atoms with Crippen molar-refractivity contribution in [3.8, 4) is 5.75 Å². The summed E-state index contributed by atoms with van der Waals surface area (Å²) in [5.74, 6) is -0.425. The monoisotopic (exact) mass is 378 g/mol. The molecule has 1 aliphatic heterocycles. The summed E-state index contributed by atoms with van der Waals surface area (Å²) < 4.78 is 1.21. The van der Waals surface area contributed by atoms with Gasteiger partial charge in [0.1, 0.15) is 5.56 Å². The van der Waals surface area contributed by atoms with Crippen LogP contribution in [0.3, 0.4) is 0 Å². The Morgan fingerprint density at radius 2 is 1.96 bits per heavy atom. The zero-order chi connectivity index (χ0) is 19.8. The number of amides is 1. The fourth-order valence-electron chi connectivity index (χ4n) is 3.79. The quantitative estimate of drug-likeness (QED) is 0.739. The number of fused-ring (bicyclic) bond motifs is 1. The Labute approximate surface area is 162 Å². The van der Waals surface area contributed by atoms with Crippen LogP contribution in [0.1, 0.15) is 22.8 Å². The number of para-hydroxylation sites is 1. The number of piperazine rings is 1. The maximum absolute atomic E-state index is 13.1. The molecule has 1 aliphatic rings. The minimum atomic E-state index is -0.473. The van der Waals surface area contributed by atoms with Gasteiger partial charge in [-0.1, -0.05) is 18.2 Å². The van der Waals surface area contributed by atoms with E-state index in [2.05, 4.69) is 28.9 Å². The third-order valence-corrected chi connectivity index (χ3v) is 5.29. The highest BCUT2D eigenvalue weighted by Crippen LogP contribution is 2.23. The van der Waals surface area contributed by atoms with E-state index in [1.54, 1.807) is 11.0 Å². The number of hydrogen-bond acceptors (Lipinski definition) is 5. The van der Waals surface area contributed by atoms with E-state index in [0.717, 1.165) is 0 Å². The van der Waals surface area contributed by atoms with E-state index in [0.29, 0.717) is 19.6 Å². The number of aromatic nitrogens is 2. The van der Waals surface area contributed by atoms with E-state index in [1.165, 1.54) is 34.1 Å². The molecule has 4 rings (SSSR count). The van der Waals surface area contributed by atoms with Gasteiger partial charge in [0.2, 0.25) is 0 Å². The summed E-state index contributed by atoms with van der Waals surface area (Å²) in [6.07, 6.45) is 2.76. The highest BCUT2D eigenvalue weighted by Gasteiger charge is 2.30. The van der Waals surface area contributed by atoms with E-state index in [-0.39, 0.29) is 28.9 Å². The fraction of sp³-hybridized carbons (Fsp3) is 0.286. The van der Waals surface area contributed by atoms with Gasteiger partial charge < -0.3 is 14.9 Å². The second-order valence-corrected chi connectivity index (χ2v) is 7.14. The first kappa shape index (κ1) is 18.0. The SMILES string of the molecule is Cc1ccccc1N1CCN(C(=O)c2cnc3c(O)cccn3c2=O)[C@@H](C)C1. The Morgan fingerprint density at radius 3 is 2.71 bits per heavy atom. The number of nitrogens with zero attached hydrogens (tertiary/aromatic N) is 4. The van der Waals surface area contributed by atoms with Crippen LogP contribution in [0.25, 0.3) is 5.65 Å². The van der Waals surface area contributed by atoms with Crippen molar-refractivity contribution < 1.29 is 9.90 Å². The molecule has 1 amide bonds. The molecular weight excluding hydrogens is 356 g/mol. The van der Waals surface area contributed by atoms with Gasteiger partial charge in [-0.05, 0) is 37.6 Å². The average molecular weight is 378 g/mol. The van der Waals surface area contributed by atoms with Gasteiger partial charge in [0, 0.05) is 43.8 Å². The number of aryl methyl sites for hydroxylation is 1. The normalized spacial score (nSPS) is 17.1. The van der Waals surface area contributed by atoms with Gasteiger partial charge in [-0.15, -0.1) is 0 Å². The molecule has 7 nitrogen and oxygen atoms in total. The fourth-order valence-corrected chi connectivity index (χ4v) is 3.79. The molecule has 3 aromatic rings. The maximum Gasteiger partial charge on any atom is 0.270 e. The Kier molecular flexibility index (Phi) is 4.50. The minimum Gasteiger partial charge on any atom is -0.504 e. The van der Waals surface area contributed by atoms with Gasteiger partial charge in [0.25, 0.3) is 11.5 Å². The van der Waals surface area contributed by atoms with Crippen LogP contribution in [0.5, 0.6) is 5.75 Å². The smallest absolute Gasteiger partial charge is 0.270 e. The molecule has 0 radical (unpaired) electrons. The van der Waals surface area contributed by atoms with Gasteiger partial charge in [-0.2, -0.15) is 0 Å². The summed E-state index contributed by atoms with van der Waals surface area (Å²) in [6.45, 7) is 5.98. The maximum atomic E-state index is 13.1. The number of benzene rings is 1. The van der Waals surface area contributed by atoms with Crippen molar-refractivity contribution in [3.63, 3.8) is 0 Å². The van der Waals surface area contributed by atoms with E-state index >= 15 is 0 Å². The van der Waals surface area contributed by atoms with Crippen molar-refractivity contribution >= 4 is 17.2 Å². The molecule has 144 valence electrons. The molecule has 0 spiro atoms. The molecule has 2 aromatic heterocycles.